The third kappa shape index (κ3) is 3.96. The Labute approximate surface area is 179 Å². The minimum absolute atomic E-state index is 0.0871. The van der Waals surface area contributed by atoms with Crippen LogP contribution in [0.1, 0.15) is 54.1 Å². The minimum atomic E-state index is -4.57. The standard InChI is InChI=1S/C24H23F3N2O2/c1-2-17-9-5-6-13-28(17)15-21-19-11-3-4-12-20(19)22(30)29(23(21)31)18-10-7-8-16(14-18)24(25,26)27/h3-4,7-8,10-12,14-15,17H,2,5-6,9,13H2,1H3/b21-15+. The number of likely N-dealkylation sites (tertiary alicyclic amines) is 1. The van der Waals surface area contributed by atoms with Crippen LogP contribution in [-0.4, -0.2) is 29.3 Å². The number of piperidine rings is 1. The summed E-state index contributed by atoms with van der Waals surface area (Å²) in [5.41, 5.74) is 0.151. The molecule has 0 bridgehead atoms. The van der Waals surface area contributed by atoms with Crippen molar-refractivity contribution < 1.29 is 22.8 Å². The molecule has 2 amide bonds. The van der Waals surface area contributed by atoms with Crippen molar-refractivity contribution in [2.24, 2.45) is 0 Å². The van der Waals surface area contributed by atoms with Crippen molar-refractivity contribution in [2.45, 2.75) is 44.8 Å². The van der Waals surface area contributed by atoms with Gasteiger partial charge in [-0.25, -0.2) is 4.90 Å². The first-order valence-corrected chi connectivity index (χ1v) is 10.4. The SMILES string of the molecule is CCC1CCCCN1/C=C1/C(=O)N(c2cccc(C(F)(F)F)c2)C(=O)c2ccccc21. The van der Waals surface area contributed by atoms with E-state index in [1.165, 1.54) is 12.1 Å². The fourth-order valence-electron chi connectivity index (χ4n) is 4.33. The number of nitrogens with zero attached hydrogens (tertiary/aromatic N) is 2. The summed E-state index contributed by atoms with van der Waals surface area (Å²) in [4.78, 5) is 29.6. The summed E-state index contributed by atoms with van der Waals surface area (Å²) in [7, 11) is 0. The fraction of sp³-hybridized carbons (Fsp3) is 0.333. The van der Waals surface area contributed by atoms with Gasteiger partial charge in [0.05, 0.1) is 16.8 Å². The summed E-state index contributed by atoms with van der Waals surface area (Å²) < 4.78 is 39.7. The summed E-state index contributed by atoms with van der Waals surface area (Å²) in [5, 5.41) is 0. The molecule has 4 nitrogen and oxygen atoms in total. The normalized spacial score (nSPS) is 20.9. The van der Waals surface area contributed by atoms with Crippen LogP contribution in [0.3, 0.4) is 0 Å². The highest BCUT2D eigenvalue weighted by Gasteiger charge is 2.38. The van der Waals surface area contributed by atoms with E-state index in [0.717, 1.165) is 49.3 Å². The monoisotopic (exact) mass is 428 g/mol. The van der Waals surface area contributed by atoms with Crippen LogP contribution in [0.5, 0.6) is 0 Å². The quantitative estimate of drug-likeness (QED) is 0.479. The number of carbonyl (C=O) groups excluding carboxylic acids is 2. The molecule has 2 aliphatic heterocycles. The van der Waals surface area contributed by atoms with E-state index in [9.17, 15) is 22.8 Å². The number of alkyl halides is 3. The van der Waals surface area contributed by atoms with E-state index in [4.69, 9.17) is 0 Å². The molecule has 7 heteroatoms. The second kappa shape index (κ2) is 8.21. The largest absolute Gasteiger partial charge is 0.416 e. The molecule has 2 aliphatic rings. The third-order valence-corrected chi connectivity index (χ3v) is 5.95. The van der Waals surface area contributed by atoms with Crippen molar-refractivity contribution in [3.8, 4) is 0 Å². The van der Waals surface area contributed by atoms with Crippen LogP contribution in [0, 0.1) is 0 Å². The molecular formula is C24H23F3N2O2. The molecule has 4 rings (SSSR count). The minimum Gasteiger partial charge on any atom is -0.374 e. The van der Waals surface area contributed by atoms with Crippen LogP contribution < -0.4 is 4.90 Å². The highest BCUT2D eigenvalue weighted by Crippen LogP contribution is 2.36. The lowest BCUT2D eigenvalue weighted by molar-refractivity contribution is -0.137. The molecular weight excluding hydrogens is 405 g/mol. The maximum Gasteiger partial charge on any atom is 0.416 e. The molecule has 0 aliphatic carbocycles. The molecule has 1 atom stereocenters. The number of rotatable bonds is 3. The van der Waals surface area contributed by atoms with Gasteiger partial charge in [0.25, 0.3) is 11.8 Å². The van der Waals surface area contributed by atoms with Gasteiger partial charge in [-0.3, -0.25) is 9.59 Å². The third-order valence-electron chi connectivity index (χ3n) is 5.95. The Bertz CT molecular complexity index is 1050. The van der Waals surface area contributed by atoms with Gasteiger partial charge >= 0.3 is 6.18 Å². The summed E-state index contributed by atoms with van der Waals surface area (Å²) in [5.74, 6) is -1.23. The van der Waals surface area contributed by atoms with Gasteiger partial charge in [-0.05, 0) is 49.9 Å². The Morgan fingerprint density at radius 2 is 1.74 bits per heavy atom. The average Bonchev–Trinajstić information content (AvgIpc) is 2.76. The zero-order valence-electron chi connectivity index (χ0n) is 17.2. The predicted molar refractivity (Wildman–Crippen MR) is 112 cm³/mol. The maximum absolute atomic E-state index is 13.5. The van der Waals surface area contributed by atoms with E-state index in [1.54, 1.807) is 30.5 Å². The number of fused-ring (bicyclic) bond motifs is 1. The smallest absolute Gasteiger partial charge is 0.374 e. The average molecular weight is 428 g/mol. The molecule has 1 unspecified atom stereocenters. The topological polar surface area (TPSA) is 40.6 Å². The molecule has 162 valence electrons. The molecule has 0 aromatic heterocycles. The summed E-state index contributed by atoms with van der Waals surface area (Å²) >= 11 is 0. The van der Waals surface area contributed by atoms with Crippen molar-refractivity contribution in [2.75, 3.05) is 11.4 Å². The lowest BCUT2D eigenvalue weighted by Gasteiger charge is -2.36. The number of hydrogen-bond acceptors (Lipinski definition) is 3. The Kier molecular flexibility index (Phi) is 5.60. The van der Waals surface area contributed by atoms with E-state index in [2.05, 4.69) is 11.8 Å². The van der Waals surface area contributed by atoms with Gasteiger partial charge in [0.15, 0.2) is 0 Å². The van der Waals surface area contributed by atoms with Gasteiger partial charge in [-0.1, -0.05) is 31.2 Å². The highest BCUT2D eigenvalue weighted by atomic mass is 19.4. The summed E-state index contributed by atoms with van der Waals surface area (Å²) in [6.45, 7) is 2.89. The number of hydrogen-bond donors (Lipinski definition) is 0. The maximum atomic E-state index is 13.5. The first-order chi connectivity index (χ1) is 14.8. The van der Waals surface area contributed by atoms with Crippen LogP contribution in [0.25, 0.3) is 5.57 Å². The first-order valence-electron chi connectivity index (χ1n) is 10.4. The molecule has 2 heterocycles. The van der Waals surface area contributed by atoms with Gasteiger partial charge in [0.2, 0.25) is 0 Å². The van der Waals surface area contributed by atoms with E-state index >= 15 is 0 Å². The molecule has 2 aromatic rings. The first kappa shape index (κ1) is 21.2. The van der Waals surface area contributed by atoms with Crippen molar-refractivity contribution in [1.29, 1.82) is 0 Å². The number of benzene rings is 2. The summed E-state index contributed by atoms with van der Waals surface area (Å²) in [6.07, 6.45) is 1.30. The molecule has 0 saturated carbocycles. The van der Waals surface area contributed by atoms with Gasteiger partial charge in [0, 0.05) is 29.9 Å². The predicted octanol–water partition coefficient (Wildman–Crippen LogP) is 5.50. The van der Waals surface area contributed by atoms with Gasteiger partial charge < -0.3 is 4.90 Å². The van der Waals surface area contributed by atoms with Crippen LogP contribution in [0.15, 0.2) is 54.7 Å². The molecule has 31 heavy (non-hydrogen) atoms. The second-order valence-corrected chi connectivity index (χ2v) is 7.88. The lowest BCUT2D eigenvalue weighted by atomic mass is 9.92. The molecule has 0 radical (unpaired) electrons. The number of carbonyl (C=O) groups is 2. The number of anilines is 1. The Balaban J connectivity index is 1.82. The van der Waals surface area contributed by atoms with Crippen LogP contribution in [-0.2, 0) is 11.0 Å². The van der Waals surface area contributed by atoms with Gasteiger partial charge in [-0.15, -0.1) is 0 Å². The zero-order valence-corrected chi connectivity index (χ0v) is 17.2. The molecule has 0 N–H and O–H groups in total. The Morgan fingerprint density at radius 1 is 1.00 bits per heavy atom. The zero-order chi connectivity index (χ0) is 22.2. The molecule has 1 fully saturated rings. The van der Waals surface area contributed by atoms with E-state index < -0.39 is 23.6 Å². The Hall–Kier alpha value is -3.09. The number of amides is 2. The Morgan fingerprint density at radius 3 is 2.45 bits per heavy atom. The lowest BCUT2D eigenvalue weighted by Crippen LogP contribution is -2.43. The van der Waals surface area contributed by atoms with Crippen molar-refractivity contribution >= 4 is 23.1 Å². The number of imide groups is 1. The van der Waals surface area contributed by atoms with Gasteiger partial charge in [-0.2, -0.15) is 13.2 Å². The van der Waals surface area contributed by atoms with Crippen molar-refractivity contribution in [3.05, 3.63) is 71.4 Å². The van der Waals surface area contributed by atoms with Crippen LogP contribution >= 0.6 is 0 Å². The number of halogens is 3. The fourth-order valence-corrected chi connectivity index (χ4v) is 4.33. The van der Waals surface area contributed by atoms with Crippen LogP contribution in [0.2, 0.25) is 0 Å². The van der Waals surface area contributed by atoms with Crippen LogP contribution in [0.4, 0.5) is 18.9 Å². The van der Waals surface area contributed by atoms with E-state index in [-0.39, 0.29) is 5.69 Å². The van der Waals surface area contributed by atoms with Gasteiger partial charge in [0.1, 0.15) is 0 Å². The van der Waals surface area contributed by atoms with E-state index in [0.29, 0.717) is 22.7 Å². The van der Waals surface area contributed by atoms with Crippen molar-refractivity contribution in [3.63, 3.8) is 0 Å². The van der Waals surface area contributed by atoms with E-state index in [1.807, 2.05) is 0 Å². The summed E-state index contributed by atoms with van der Waals surface area (Å²) in [6, 6.07) is 11.4. The molecule has 2 aromatic carbocycles. The van der Waals surface area contributed by atoms with Crippen molar-refractivity contribution in [1.82, 2.24) is 4.90 Å². The molecule has 1 saturated heterocycles. The molecule has 0 spiro atoms. The highest BCUT2D eigenvalue weighted by molar-refractivity contribution is 6.41. The second-order valence-electron chi connectivity index (χ2n) is 7.88.